The highest BCUT2D eigenvalue weighted by molar-refractivity contribution is 5.52. The molecule has 1 aromatic heterocycles. The Labute approximate surface area is 57.3 Å². The Hall–Kier alpha value is -1.32. The van der Waals surface area contributed by atoms with E-state index in [1.165, 1.54) is 6.92 Å². The fourth-order valence-electron chi connectivity index (χ4n) is 0.651. The van der Waals surface area contributed by atoms with E-state index in [0.29, 0.717) is 0 Å². The van der Waals surface area contributed by atoms with Gasteiger partial charge in [0.1, 0.15) is 0 Å². The van der Waals surface area contributed by atoms with E-state index in [4.69, 9.17) is 10.8 Å². The zero-order valence-corrected chi connectivity index (χ0v) is 5.43. The van der Waals surface area contributed by atoms with Gasteiger partial charge in [0.05, 0.1) is 11.4 Å². The summed E-state index contributed by atoms with van der Waals surface area (Å²) >= 11 is 0. The smallest absolute Gasteiger partial charge is 0.215 e. The number of hydrogen-bond donors (Lipinski definition) is 2. The molecule has 0 aliphatic heterocycles. The van der Waals surface area contributed by atoms with Gasteiger partial charge in [-0.2, -0.15) is 4.39 Å². The molecule has 3 N–H and O–H groups in total. The number of aromatic hydroxyl groups is 1. The summed E-state index contributed by atoms with van der Waals surface area (Å²) in [6.45, 7) is 1.48. The highest BCUT2D eigenvalue weighted by atomic mass is 19.1. The Morgan fingerprint density at radius 3 is 2.80 bits per heavy atom. The molecule has 4 heteroatoms. The van der Waals surface area contributed by atoms with Gasteiger partial charge in [0, 0.05) is 6.07 Å². The van der Waals surface area contributed by atoms with Crippen LogP contribution in [0.1, 0.15) is 5.69 Å². The molecule has 0 amide bonds. The highest BCUT2D eigenvalue weighted by Gasteiger charge is 2.03. The third kappa shape index (κ3) is 1.00. The van der Waals surface area contributed by atoms with Crippen molar-refractivity contribution >= 4 is 5.69 Å². The van der Waals surface area contributed by atoms with Gasteiger partial charge in [0.25, 0.3) is 0 Å². The lowest BCUT2D eigenvalue weighted by molar-refractivity contribution is 0.464. The van der Waals surface area contributed by atoms with Gasteiger partial charge in [-0.3, -0.25) is 0 Å². The zero-order valence-electron chi connectivity index (χ0n) is 5.43. The lowest BCUT2D eigenvalue weighted by Crippen LogP contribution is -1.93. The number of anilines is 1. The van der Waals surface area contributed by atoms with Crippen molar-refractivity contribution in [1.29, 1.82) is 0 Å². The van der Waals surface area contributed by atoms with E-state index >= 15 is 0 Å². The Bertz CT molecular complexity index is 239. The van der Waals surface area contributed by atoms with Gasteiger partial charge in [0.2, 0.25) is 5.95 Å². The molecule has 0 unspecified atom stereocenters. The van der Waals surface area contributed by atoms with Crippen molar-refractivity contribution in [2.24, 2.45) is 0 Å². The number of aryl methyl sites for hydroxylation is 1. The minimum Gasteiger partial charge on any atom is -0.504 e. The summed E-state index contributed by atoms with van der Waals surface area (Å²) in [4.78, 5) is 3.34. The quantitative estimate of drug-likeness (QED) is 0.527. The van der Waals surface area contributed by atoms with Crippen LogP contribution in [0.25, 0.3) is 0 Å². The van der Waals surface area contributed by atoms with E-state index in [1.54, 1.807) is 0 Å². The minimum atomic E-state index is -0.673. The molecule has 0 aliphatic carbocycles. The maximum Gasteiger partial charge on any atom is 0.215 e. The number of nitrogen functional groups attached to an aromatic ring is 1. The summed E-state index contributed by atoms with van der Waals surface area (Å²) in [5.74, 6) is -0.825. The predicted molar refractivity (Wildman–Crippen MR) is 35.0 cm³/mol. The first-order valence-electron chi connectivity index (χ1n) is 2.73. The average molecular weight is 142 g/mol. The Morgan fingerprint density at radius 2 is 2.30 bits per heavy atom. The monoisotopic (exact) mass is 142 g/mol. The number of nitrogens with zero attached hydrogens (tertiary/aromatic N) is 1. The van der Waals surface area contributed by atoms with Gasteiger partial charge in [0.15, 0.2) is 5.75 Å². The molecule has 0 aliphatic rings. The standard InChI is InChI=1S/C6H7FN2O/c1-3-6(10)4(8)2-5(7)9-3/h2,10H,1H3,(H2,8,9). The first kappa shape index (κ1) is 6.80. The fraction of sp³-hybridized carbons (Fsp3) is 0.167. The van der Waals surface area contributed by atoms with E-state index in [-0.39, 0.29) is 17.1 Å². The van der Waals surface area contributed by atoms with E-state index in [1.807, 2.05) is 0 Å². The number of rotatable bonds is 0. The Morgan fingerprint density at radius 1 is 1.70 bits per heavy atom. The summed E-state index contributed by atoms with van der Waals surface area (Å²) in [6.07, 6.45) is 0. The van der Waals surface area contributed by atoms with Crippen LogP contribution in [0.5, 0.6) is 5.75 Å². The molecule has 0 saturated heterocycles. The summed E-state index contributed by atoms with van der Waals surface area (Å²) in [5.41, 5.74) is 5.42. The van der Waals surface area contributed by atoms with Crippen molar-refractivity contribution < 1.29 is 9.50 Å². The fourth-order valence-corrected chi connectivity index (χ4v) is 0.651. The molecule has 0 fully saturated rings. The van der Waals surface area contributed by atoms with Crippen molar-refractivity contribution in [3.05, 3.63) is 17.7 Å². The van der Waals surface area contributed by atoms with Gasteiger partial charge < -0.3 is 10.8 Å². The molecule has 54 valence electrons. The van der Waals surface area contributed by atoms with Crippen LogP contribution in [0.4, 0.5) is 10.1 Å². The maximum absolute atomic E-state index is 12.3. The van der Waals surface area contributed by atoms with E-state index in [9.17, 15) is 4.39 Å². The molecule has 0 spiro atoms. The second-order valence-corrected chi connectivity index (χ2v) is 1.97. The molecule has 0 bridgehead atoms. The predicted octanol–water partition coefficient (Wildman–Crippen LogP) is 0.817. The zero-order chi connectivity index (χ0) is 7.72. The number of aromatic nitrogens is 1. The topological polar surface area (TPSA) is 59.1 Å². The van der Waals surface area contributed by atoms with Gasteiger partial charge >= 0.3 is 0 Å². The molecule has 10 heavy (non-hydrogen) atoms. The van der Waals surface area contributed by atoms with Gasteiger partial charge in [-0.05, 0) is 6.92 Å². The molecule has 0 radical (unpaired) electrons. The molecule has 1 heterocycles. The van der Waals surface area contributed by atoms with Gasteiger partial charge in [-0.15, -0.1) is 0 Å². The second kappa shape index (κ2) is 2.13. The summed E-state index contributed by atoms with van der Waals surface area (Å²) < 4.78 is 12.3. The van der Waals surface area contributed by atoms with Gasteiger partial charge in [-0.25, -0.2) is 4.98 Å². The highest BCUT2D eigenvalue weighted by Crippen LogP contribution is 2.22. The molecule has 1 aromatic rings. The van der Waals surface area contributed by atoms with E-state index < -0.39 is 5.95 Å². The normalized spacial score (nSPS) is 9.80. The van der Waals surface area contributed by atoms with Crippen LogP contribution < -0.4 is 5.73 Å². The second-order valence-electron chi connectivity index (χ2n) is 1.97. The van der Waals surface area contributed by atoms with Crippen molar-refractivity contribution in [2.45, 2.75) is 6.92 Å². The SMILES string of the molecule is Cc1nc(F)cc(N)c1O. The summed E-state index contributed by atoms with van der Waals surface area (Å²) in [6, 6.07) is 0.975. The van der Waals surface area contributed by atoms with Crippen molar-refractivity contribution in [2.75, 3.05) is 5.73 Å². The molecule has 0 atom stereocenters. The van der Waals surface area contributed by atoms with Crippen LogP contribution in [-0.2, 0) is 0 Å². The van der Waals surface area contributed by atoms with Crippen LogP contribution in [0.2, 0.25) is 0 Å². The van der Waals surface area contributed by atoms with Crippen LogP contribution in [0, 0.1) is 12.9 Å². The molecular weight excluding hydrogens is 135 g/mol. The van der Waals surface area contributed by atoms with Crippen molar-refractivity contribution in [3.8, 4) is 5.75 Å². The number of hydrogen-bond acceptors (Lipinski definition) is 3. The molecular formula is C6H7FN2O. The lowest BCUT2D eigenvalue weighted by Gasteiger charge is -1.99. The largest absolute Gasteiger partial charge is 0.504 e. The molecule has 0 aromatic carbocycles. The van der Waals surface area contributed by atoms with Crippen LogP contribution in [-0.4, -0.2) is 10.1 Å². The average Bonchev–Trinajstić information content (AvgIpc) is 1.82. The molecule has 0 saturated carbocycles. The van der Waals surface area contributed by atoms with Crippen LogP contribution >= 0.6 is 0 Å². The molecule has 3 nitrogen and oxygen atoms in total. The maximum atomic E-state index is 12.3. The van der Waals surface area contributed by atoms with Crippen molar-refractivity contribution in [3.63, 3.8) is 0 Å². The lowest BCUT2D eigenvalue weighted by atomic mass is 10.3. The first-order chi connectivity index (χ1) is 4.61. The third-order valence-corrected chi connectivity index (χ3v) is 1.17. The minimum absolute atomic E-state index is 0.0185. The summed E-state index contributed by atoms with van der Waals surface area (Å²) in [5, 5.41) is 8.98. The molecule has 1 rings (SSSR count). The van der Waals surface area contributed by atoms with Crippen LogP contribution in [0.15, 0.2) is 6.07 Å². The third-order valence-electron chi connectivity index (χ3n) is 1.17. The van der Waals surface area contributed by atoms with Gasteiger partial charge in [-0.1, -0.05) is 0 Å². The summed E-state index contributed by atoms with van der Waals surface area (Å²) in [7, 11) is 0. The number of pyridine rings is 1. The van der Waals surface area contributed by atoms with Crippen LogP contribution in [0.3, 0.4) is 0 Å². The Balaban J connectivity index is 3.31. The number of halogens is 1. The Kier molecular flexibility index (Phi) is 1.45. The van der Waals surface area contributed by atoms with Crippen molar-refractivity contribution in [1.82, 2.24) is 4.98 Å². The van der Waals surface area contributed by atoms with E-state index in [0.717, 1.165) is 6.07 Å². The first-order valence-corrected chi connectivity index (χ1v) is 2.73. The van der Waals surface area contributed by atoms with E-state index in [2.05, 4.69) is 4.98 Å². The number of nitrogens with two attached hydrogens (primary N) is 1.